The van der Waals surface area contributed by atoms with Gasteiger partial charge in [0.05, 0.1) is 10.9 Å². The molecule has 1 atom stereocenters. The summed E-state index contributed by atoms with van der Waals surface area (Å²) in [5.74, 6) is 0.0389. The number of aromatic nitrogens is 2. The van der Waals surface area contributed by atoms with Crippen LogP contribution in [0, 0.1) is 13.8 Å². The van der Waals surface area contributed by atoms with Crippen LogP contribution in [0.2, 0.25) is 0 Å². The molecule has 1 aromatic heterocycles. The van der Waals surface area contributed by atoms with Gasteiger partial charge in [0.2, 0.25) is 5.91 Å². The quantitative estimate of drug-likeness (QED) is 0.641. The summed E-state index contributed by atoms with van der Waals surface area (Å²) in [5.41, 5.74) is 3.44. The molecule has 0 aliphatic carbocycles. The summed E-state index contributed by atoms with van der Waals surface area (Å²) in [6.07, 6.45) is 0. The summed E-state index contributed by atoms with van der Waals surface area (Å²) in [7, 11) is 0. The smallest absolute Gasteiger partial charge is 0.251 e. The van der Waals surface area contributed by atoms with Crippen LogP contribution < -0.4 is 10.9 Å². The zero-order chi connectivity index (χ0) is 17.9. The number of amides is 1. The number of benzene rings is 1. The van der Waals surface area contributed by atoms with Crippen molar-refractivity contribution in [2.45, 2.75) is 50.9 Å². The average Bonchev–Trinajstić information content (AvgIpc) is 2.50. The van der Waals surface area contributed by atoms with Gasteiger partial charge in [-0.05, 0) is 43.9 Å². The van der Waals surface area contributed by atoms with Gasteiger partial charge >= 0.3 is 0 Å². The van der Waals surface area contributed by atoms with Gasteiger partial charge in [-0.2, -0.15) is 0 Å². The van der Waals surface area contributed by atoms with Crippen molar-refractivity contribution < 1.29 is 4.79 Å². The van der Waals surface area contributed by atoms with Crippen molar-refractivity contribution in [2.75, 3.05) is 5.32 Å². The number of anilines is 1. The molecule has 6 heteroatoms. The van der Waals surface area contributed by atoms with Crippen LogP contribution in [0.15, 0.2) is 34.2 Å². The fraction of sp³-hybridized carbons (Fsp3) is 0.389. The Morgan fingerprint density at radius 1 is 1.21 bits per heavy atom. The molecule has 2 rings (SSSR count). The second-order valence-corrected chi connectivity index (χ2v) is 7.53. The molecule has 128 valence electrons. The minimum atomic E-state index is -0.379. The van der Waals surface area contributed by atoms with E-state index in [1.807, 2.05) is 45.9 Å². The number of hydrogen-bond acceptors (Lipinski definition) is 4. The van der Waals surface area contributed by atoms with E-state index in [1.165, 1.54) is 17.8 Å². The number of nitrogens with one attached hydrogen (secondary N) is 2. The van der Waals surface area contributed by atoms with Crippen LogP contribution in [0.3, 0.4) is 0 Å². The molecule has 0 radical (unpaired) electrons. The monoisotopic (exact) mass is 345 g/mol. The first kappa shape index (κ1) is 18.3. The SMILES string of the molecule is Cc1ccc(C)c(NC(=O)C(C)Sc2nc(C(C)C)cc(=O)[nH]2)c1. The van der Waals surface area contributed by atoms with Crippen LogP contribution in [0.25, 0.3) is 0 Å². The molecular weight excluding hydrogens is 322 g/mol. The highest BCUT2D eigenvalue weighted by atomic mass is 32.2. The van der Waals surface area contributed by atoms with Crippen LogP contribution in [-0.4, -0.2) is 21.1 Å². The van der Waals surface area contributed by atoms with Crippen molar-refractivity contribution >= 4 is 23.4 Å². The first-order valence-electron chi connectivity index (χ1n) is 7.92. The molecule has 24 heavy (non-hydrogen) atoms. The predicted octanol–water partition coefficient (Wildman–Crippen LogP) is 3.63. The van der Waals surface area contributed by atoms with E-state index in [-0.39, 0.29) is 22.6 Å². The highest BCUT2D eigenvalue weighted by molar-refractivity contribution is 8.00. The largest absolute Gasteiger partial charge is 0.325 e. The Labute approximate surface area is 146 Å². The van der Waals surface area contributed by atoms with E-state index in [2.05, 4.69) is 15.3 Å². The Morgan fingerprint density at radius 2 is 1.92 bits per heavy atom. The van der Waals surface area contributed by atoms with Gasteiger partial charge in [0.15, 0.2) is 5.16 Å². The molecule has 1 heterocycles. The molecule has 1 unspecified atom stereocenters. The van der Waals surface area contributed by atoms with E-state index in [4.69, 9.17) is 0 Å². The van der Waals surface area contributed by atoms with Gasteiger partial charge in [-0.25, -0.2) is 4.98 Å². The lowest BCUT2D eigenvalue weighted by molar-refractivity contribution is -0.115. The summed E-state index contributed by atoms with van der Waals surface area (Å²) in [4.78, 5) is 31.3. The summed E-state index contributed by atoms with van der Waals surface area (Å²) in [5, 5.41) is 3.03. The van der Waals surface area contributed by atoms with Gasteiger partial charge in [-0.1, -0.05) is 37.7 Å². The summed E-state index contributed by atoms with van der Waals surface area (Å²) in [6.45, 7) is 9.70. The van der Waals surface area contributed by atoms with Crippen LogP contribution in [-0.2, 0) is 4.79 Å². The Morgan fingerprint density at radius 3 is 2.58 bits per heavy atom. The molecule has 2 aromatic rings. The topological polar surface area (TPSA) is 74.8 Å². The zero-order valence-electron chi connectivity index (χ0n) is 14.6. The fourth-order valence-corrected chi connectivity index (χ4v) is 2.95. The third-order valence-corrected chi connectivity index (χ3v) is 4.62. The molecule has 2 N–H and O–H groups in total. The van der Waals surface area contributed by atoms with E-state index < -0.39 is 0 Å². The lowest BCUT2D eigenvalue weighted by Crippen LogP contribution is -2.24. The standard InChI is InChI=1S/C18H23N3O2S/c1-10(2)14-9-16(22)21-18(20-14)24-13(5)17(23)19-15-8-11(3)6-7-12(15)4/h6-10,13H,1-5H3,(H,19,23)(H,20,21,22). The minimum absolute atomic E-state index is 0.119. The number of H-pyrrole nitrogens is 1. The molecule has 1 aromatic carbocycles. The predicted molar refractivity (Wildman–Crippen MR) is 98.8 cm³/mol. The molecule has 0 saturated carbocycles. The molecule has 0 bridgehead atoms. The Kier molecular flexibility index (Phi) is 5.83. The van der Waals surface area contributed by atoms with E-state index >= 15 is 0 Å². The summed E-state index contributed by atoms with van der Waals surface area (Å²) < 4.78 is 0. The third-order valence-electron chi connectivity index (χ3n) is 3.64. The van der Waals surface area contributed by atoms with Crippen molar-refractivity contribution in [1.29, 1.82) is 0 Å². The number of carbonyl (C=O) groups is 1. The highest BCUT2D eigenvalue weighted by Gasteiger charge is 2.17. The van der Waals surface area contributed by atoms with Crippen molar-refractivity contribution in [3.8, 4) is 0 Å². The van der Waals surface area contributed by atoms with Crippen LogP contribution in [0.5, 0.6) is 0 Å². The minimum Gasteiger partial charge on any atom is -0.325 e. The van der Waals surface area contributed by atoms with Gasteiger partial charge in [0.25, 0.3) is 5.56 Å². The molecule has 0 saturated heterocycles. The Balaban J connectivity index is 2.12. The lowest BCUT2D eigenvalue weighted by atomic mass is 10.1. The second kappa shape index (κ2) is 7.66. The number of aryl methyl sites for hydroxylation is 2. The van der Waals surface area contributed by atoms with Crippen LogP contribution >= 0.6 is 11.8 Å². The zero-order valence-corrected chi connectivity index (χ0v) is 15.5. The molecular formula is C18H23N3O2S. The average molecular weight is 345 g/mol. The highest BCUT2D eigenvalue weighted by Crippen LogP contribution is 2.23. The fourth-order valence-electron chi connectivity index (χ4n) is 2.13. The van der Waals surface area contributed by atoms with Gasteiger partial charge < -0.3 is 10.3 Å². The maximum atomic E-state index is 12.4. The molecule has 0 fully saturated rings. The third kappa shape index (κ3) is 4.71. The maximum absolute atomic E-state index is 12.4. The first-order chi connectivity index (χ1) is 11.3. The molecule has 0 aliphatic heterocycles. The van der Waals surface area contributed by atoms with E-state index in [1.54, 1.807) is 6.92 Å². The number of carbonyl (C=O) groups excluding carboxylic acids is 1. The maximum Gasteiger partial charge on any atom is 0.251 e. The first-order valence-corrected chi connectivity index (χ1v) is 8.80. The van der Waals surface area contributed by atoms with Crippen molar-refractivity contribution in [3.05, 3.63) is 51.4 Å². The number of rotatable bonds is 5. The molecule has 1 amide bonds. The number of nitrogens with zero attached hydrogens (tertiary/aromatic N) is 1. The number of thioether (sulfide) groups is 1. The Bertz CT molecular complexity index is 799. The summed E-state index contributed by atoms with van der Waals surface area (Å²) in [6, 6.07) is 7.43. The van der Waals surface area contributed by atoms with Crippen molar-refractivity contribution in [1.82, 2.24) is 9.97 Å². The van der Waals surface area contributed by atoms with Gasteiger partial charge in [0.1, 0.15) is 0 Å². The van der Waals surface area contributed by atoms with Crippen LogP contribution in [0.4, 0.5) is 5.69 Å². The Hall–Kier alpha value is -2.08. The van der Waals surface area contributed by atoms with Crippen LogP contribution in [0.1, 0.15) is 43.5 Å². The van der Waals surface area contributed by atoms with E-state index in [0.717, 1.165) is 22.5 Å². The van der Waals surface area contributed by atoms with Crippen molar-refractivity contribution in [2.24, 2.45) is 0 Å². The van der Waals surface area contributed by atoms with Gasteiger partial charge in [-0.3, -0.25) is 9.59 Å². The molecule has 5 nitrogen and oxygen atoms in total. The number of aromatic amines is 1. The van der Waals surface area contributed by atoms with Gasteiger partial charge in [-0.15, -0.1) is 0 Å². The van der Waals surface area contributed by atoms with E-state index in [0.29, 0.717) is 5.16 Å². The van der Waals surface area contributed by atoms with E-state index in [9.17, 15) is 9.59 Å². The second-order valence-electron chi connectivity index (χ2n) is 6.20. The summed E-state index contributed by atoms with van der Waals surface area (Å²) >= 11 is 1.25. The molecule has 0 spiro atoms. The van der Waals surface area contributed by atoms with Gasteiger partial charge in [0, 0.05) is 11.8 Å². The number of hydrogen-bond donors (Lipinski definition) is 2. The molecule has 0 aliphatic rings. The van der Waals surface area contributed by atoms with Crippen molar-refractivity contribution in [3.63, 3.8) is 0 Å². The normalized spacial score (nSPS) is 12.2. The lowest BCUT2D eigenvalue weighted by Gasteiger charge is -2.14.